The lowest BCUT2D eigenvalue weighted by atomic mass is 10.2. The number of carbonyl (C=O) groups is 4. The third-order valence-electron chi connectivity index (χ3n) is 6.84. The van der Waals surface area contributed by atoms with Crippen molar-refractivity contribution in [3.05, 3.63) is 66.9 Å². The molecule has 4 heterocycles. The van der Waals surface area contributed by atoms with Gasteiger partial charge in [-0.3, -0.25) is 19.5 Å². The molecule has 2 fully saturated rings. The van der Waals surface area contributed by atoms with Crippen molar-refractivity contribution >= 4 is 41.0 Å². The maximum absolute atomic E-state index is 15.2. The van der Waals surface area contributed by atoms with Gasteiger partial charge < -0.3 is 34.3 Å². The number of cyclic esters (lactones) is 1. The predicted molar refractivity (Wildman–Crippen MR) is 148 cm³/mol. The summed E-state index contributed by atoms with van der Waals surface area (Å²) in [5.74, 6) is -2.63. The highest BCUT2D eigenvalue weighted by atomic mass is 19.1. The van der Waals surface area contributed by atoms with Crippen molar-refractivity contribution in [1.82, 2.24) is 29.9 Å². The van der Waals surface area contributed by atoms with Crippen LogP contribution in [-0.2, 0) is 14.3 Å². The van der Waals surface area contributed by atoms with Crippen LogP contribution in [-0.4, -0.2) is 102 Å². The van der Waals surface area contributed by atoms with E-state index in [2.05, 4.69) is 27.2 Å². The summed E-state index contributed by atoms with van der Waals surface area (Å²) in [6.07, 6.45) is 5.35. The molecule has 14 nitrogen and oxygen atoms in total. The maximum atomic E-state index is 15.2. The third kappa shape index (κ3) is 6.63. The molecule has 3 aromatic rings. The van der Waals surface area contributed by atoms with Crippen molar-refractivity contribution in [2.24, 2.45) is 0 Å². The van der Waals surface area contributed by atoms with Gasteiger partial charge in [-0.1, -0.05) is 12.7 Å². The van der Waals surface area contributed by atoms with E-state index in [1.54, 1.807) is 16.8 Å². The van der Waals surface area contributed by atoms with Crippen LogP contribution in [0.4, 0.5) is 29.7 Å². The number of hydrogen-bond acceptors (Lipinski definition) is 9. The summed E-state index contributed by atoms with van der Waals surface area (Å²) in [5, 5.41) is 4.99. The van der Waals surface area contributed by atoms with Crippen LogP contribution in [0.25, 0.3) is 5.65 Å². The van der Waals surface area contributed by atoms with Gasteiger partial charge in [-0.15, -0.1) is 0 Å². The number of halogens is 2. The monoisotopic (exact) mass is 598 g/mol. The summed E-state index contributed by atoms with van der Waals surface area (Å²) in [5.41, 5.74) is 0.315. The van der Waals surface area contributed by atoms with Gasteiger partial charge in [0.05, 0.1) is 31.5 Å². The molecular weight excluding hydrogens is 570 g/mol. The first-order chi connectivity index (χ1) is 20.7. The van der Waals surface area contributed by atoms with Crippen LogP contribution in [0.1, 0.15) is 10.5 Å². The van der Waals surface area contributed by atoms with Crippen LogP contribution >= 0.6 is 0 Å². The molecule has 1 aromatic carbocycles. The molecule has 43 heavy (non-hydrogen) atoms. The Morgan fingerprint density at radius 2 is 1.88 bits per heavy atom. The highest BCUT2D eigenvalue weighted by Gasteiger charge is 2.34. The number of imidazole rings is 1. The molecule has 0 radical (unpaired) electrons. The van der Waals surface area contributed by atoms with Gasteiger partial charge in [-0.2, -0.15) is 0 Å². The lowest BCUT2D eigenvalue weighted by Gasteiger charge is -2.36. The van der Waals surface area contributed by atoms with Gasteiger partial charge in [0.1, 0.15) is 24.1 Å². The molecular formula is C27H28F2N8O6. The fraction of sp³-hybridized carbons (Fsp3) is 0.333. The molecule has 5 rings (SSSR count). The van der Waals surface area contributed by atoms with Crippen molar-refractivity contribution in [1.29, 1.82) is 0 Å². The first-order valence-corrected chi connectivity index (χ1v) is 13.3. The smallest absolute Gasteiger partial charge is 0.414 e. The van der Waals surface area contributed by atoms with Crippen LogP contribution < -0.4 is 20.4 Å². The van der Waals surface area contributed by atoms with Crippen LogP contribution in [0, 0.1) is 11.6 Å². The normalized spacial score (nSPS) is 16.7. The highest BCUT2D eigenvalue weighted by Crippen LogP contribution is 2.31. The largest absolute Gasteiger partial charge is 0.445 e. The van der Waals surface area contributed by atoms with Crippen molar-refractivity contribution in [3.8, 4) is 0 Å². The molecule has 0 aliphatic carbocycles. The van der Waals surface area contributed by atoms with Crippen LogP contribution in [0.2, 0.25) is 0 Å². The summed E-state index contributed by atoms with van der Waals surface area (Å²) in [7, 11) is 0. The van der Waals surface area contributed by atoms with Gasteiger partial charge in [-0.05, 0) is 0 Å². The number of aromatic nitrogens is 3. The average Bonchev–Trinajstić information content (AvgIpc) is 3.61. The average molecular weight is 599 g/mol. The molecule has 2 N–H and O–H groups in total. The Labute approximate surface area is 243 Å². The number of ether oxygens (including phenoxy) is 2. The van der Waals surface area contributed by atoms with E-state index >= 15 is 8.78 Å². The Balaban J connectivity index is 1.13. The second kappa shape index (κ2) is 12.7. The lowest BCUT2D eigenvalue weighted by molar-refractivity contribution is -0.130. The standard InChI is InChI=1S/C27H28F2N8O6/c1-2-9-42-26(40)32-12-18-15-37(27(41)43-18)17-10-19(28)24(20(29)11-17)35-7-5-34(6-8-35)23(38)14-31-25(39)21-16-36-4-3-30-13-22(36)33-21/h2-4,10-11,13,16,18H,1,5-9,12,14-15H2,(H,31,39)(H,32,40). The highest BCUT2D eigenvalue weighted by molar-refractivity contribution is 5.95. The van der Waals surface area contributed by atoms with Crippen LogP contribution in [0.3, 0.4) is 0 Å². The summed E-state index contributed by atoms with van der Waals surface area (Å²) in [4.78, 5) is 61.2. The van der Waals surface area contributed by atoms with E-state index in [4.69, 9.17) is 9.47 Å². The van der Waals surface area contributed by atoms with Gasteiger partial charge in [-0.25, -0.2) is 23.4 Å². The number of alkyl carbamates (subject to hydrolysis) is 1. The zero-order valence-corrected chi connectivity index (χ0v) is 22.9. The first-order valence-electron chi connectivity index (χ1n) is 13.3. The number of nitrogens with zero attached hydrogens (tertiary/aromatic N) is 6. The summed E-state index contributed by atoms with van der Waals surface area (Å²) < 4.78 is 41.9. The molecule has 0 bridgehead atoms. The van der Waals surface area contributed by atoms with E-state index in [0.717, 1.165) is 17.0 Å². The Kier molecular flexibility index (Phi) is 8.64. The number of nitrogens with one attached hydrogen (secondary N) is 2. The second-order valence-corrected chi connectivity index (χ2v) is 9.66. The van der Waals surface area contributed by atoms with E-state index < -0.39 is 35.8 Å². The van der Waals surface area contributed by atoms with E-state index in [9.17, 15) is 19.2 Å². The number of benzene rings is 1. The Bertz CT molecular complexity index is 1500. The van der Waals surface area contributed by atoms with E-state index in [1.807, 2.05) is 0 Å². The molecule has 2 aliphatic heterocycles. The molecule has 0 saturated carbocycles. The Hall–Kier alpha value is -5.28. The molecule has 226 valence electrons. The number of piperazine rings is 1. The van der Waals surface area contributed by atoms with Gasteiger partial charge in [0, 0.05) is 56.9 Å². The summed E-state index contributed by atoms with van der Waals surface area (Å²) in [6.45, 7) is 3.75. The molecule has 2 aliphatic rings. The Morgan fingerprint density at radius 3 is 2.58 bits per heavy atom. The molecule has 16 heteroatoms. The molecule has 4 amide bonds. The molecule has 1 unspecified atom stereocenters. The SMILES string of the molecule is C=CCOC(=O)NCC1CN(c2cc(F)c(N3CCN(C(=O)CNC(=O)c4cn5ccncc5n4)CC3)c(F)c2)C(=O)O1. The maximum Gasteiger partial charge on any atom is 0.414 e. The quantitative estimate of drug-likeness (QED) is 0.348. The minimum atomic E-state index is -0.882. The van der Waals surface area contributed by atoms with Crippen molar-refractivity contribution in [2.75, 3.05) is 62.2 Å². The van der Waals surface area contributed by atoms with Gasteiger partial charge >= 0.3 is 12.2 Å². The fourth-order valence-electron chi connectivity index (χ4n) is 4.72. The predicted octanol–water partition coefficient (Wildman–Crippen LogP) is 1.32. The number of rotatable bonds is 9. The number of amides is 4. The molecule has 2 saturated heterocycles. The van der Waals surface area contributed by atoms with Crippen molar-refractivity contribution in [2.45, 2.75) is 6.10 Å². The van der Waals surface area contributed by atoms with Gasteiger partial charge in [0.2, 0.25) is 5.91 Å². The van der Waals surface area contributed by atoms with Crippen molar-refractivity contribution in [3.63, 3.8) is 0 Å². The van der Waals surface area contributed by atoms with E-state index in [-0.39, 0.29) is 75.4 Å². The summed E-state index contributed by atoms with van der Waals surface area (Å²) in [6, 6.07) is 2.08. The number of hydrogen-bond donors (Lipinski definition) is 2. The summed E-state index contributed by atoms with van der Waals surface area (Å²) >= 11 is 0. The van der Waals surface area contributed by atoms with Crippen LogP contribution in [0.5, 0.6) is 0 Å². The molecule has 1 atom stereocenters. The Morgan fingerprint density at radius 1 is 1.14 bits per heavy atom. The zero-order valence-electron chi connectivity index (χ0n) is 22.9. The minimum Gasteiger partial charge on any atom is -0.445 e. The molecule has 0 spiro atoms. The van der Waals surface area contributed by atoms with Gasteiger partial charge in [0.25, 0.3) is 5.91 Å². The minimum absolute atomic E-state index is 0.0140. The number of carbonyl (C=O) groups excluding carboxylic acids is 4. The number of anilines is 2. The fourth-order valence-corrected chi connectivity index (χ4v) is 4.72. The topological polar surface area (TPSA) is 151 Å². The van der Waals surface area contributed by atoms with Crippen LogP contribution in [0.15, 0.2) is 49.6 Å². The van der Waals surface area contributed by atoms with E-state index in [1.165, 1.54) is 28.3 Å². The first kappa shape index (κ1) is 29.2. The number of fused-ring (bicyclic) bond motifs is 1. The van der Waals surface area contributed by atoms with E-state index in [0.29, 0.717) is 5.65 Å². The molecule has 2 aromatic heterocycles. The van der Waals surface area contributed by atoms with Gasteiger partial charge in [0.15, 0.2) is 17.3 Å². The van der Waals surface area contributed by atoms with Crippen molar-refractivity contribution < 1.29 is 37.4 Å². The zero-order chi connectivity index (χ0) is 30.5. The lowest BCUT2D eigenvalue weighted by Crippen LogP contribution is -2.51. The second-order valence-electron chi connectivity index (χ2n) is 9.66. The third-order valence-corrected chi connectivity index (χ3v) is 6.84.